The highest BCUT2D eigenvalue weighted by Crippen LogP contribution is 2.29. The molecule has 0 saturated heterocycles. The summed E-state index contributed by atoms with van der Waals surface area (Å²) < 4.78 is 16.7. The van der Waals surface area contributed by atoms with Gasteiger partial charge in [-0.25, -0.2) is 5.43 Å². The zero-order chi connectivity index (χ0) is 19.4. The minimum Gasteiger partial charge on any atom is -0.493 e. The maximum absolute atomic E-state index is 12.4. The lowest BCUT2D eigenvalue weighted by atomic mass is 10.2. The first-order valence-corrected chi connectivity index (χ1v) is 8.66. The summed E-state index contributed by atoms with van der Waals surface area (Å²) in [6.07, 6.45) is 0.00892. The van der Waals surface area contributed by atoms with Crippen LogP contribution < -0.4 is 14.9 Å². The minimum atomic E-state index is -0.347. The molecule has 0 aliphatic rings. The van der Waals surface area contributed by atoms with Gasteiger partial charge in [-0.1, -0.05) is 18.2 Å². The van der Waals surface area contributed by atoms with Gasteiger partial charge in [-0.05, 0) is 51.1 Å². The molecular weight excluding hydrogens is 344 g/mol. The van der Waals surface area contributed by atoms with Gasteiger partial charge in [0.1, 0.15) is 11.3 Å². The van der Waals surface area contributed by atoms with Gasteiger partial charge < -0.3 is 13.9 Å². The Morgan fingerprint density at radius 1 is 1.11 bits per heavy atom. The van der Waals surface area contributed by atoms with E-state index in [0.29, 0.717) is 28.5 Å². The third-order valence-electron chi connectivity index (χ3n) is 3.90. The van der Waals surface area contributed by atoms with Crippen molar-refractivity contribution in [2.75, 3.05) is 7.11 Å². The number of benzene rings is 2. The van der Waals surface area contributed by atoms with Gasteiger partial charge in [0.2, 0.25) is 0 Å². The van der Waals surface area contributed by atoms with Crippen LogP contribution in [0.25, 0.3) is 11.0 Å². The lowest BCUT2D eigenvalue weighted by Crippen LogP contribution is -2.19. The smallest absolute Gasteiger partial charge is 0.271 e. The van der Waals surface area contributed by atoms with E-state index in [9.17, 15) is 4.79 Å². The maximum atomic E-state index is 12.4. The fourth-order valence-corrected chi connectivity index (χ4v) is 2.57. The molecule has 0 bridgehead atoms. The predicted molar refractivity (Wildman–Crippen MR) is 105 cm³/mol. The van der Waals surface area contributed by atoms with E-state index in [-0.39, 0.29) is 12.0 Å². The minimum absolute atomic E-state index is 0.00892. The van der Waals surface area contributed by atoms with Gasteiger partial charge in [-0.2, -0.15) is 5.10 Å². The van der Waals surface area contributed by atoms with Crippen LogP contribution in [0.1, 0.15) is 36.9 Å². The Balaban J connectivity index is 1.75. The highest BCUT2D eigenvalue weighted by Gasteiger charge is 2.13. The lowest BCUT2D eigenvalue weighted by molar-refractivity contribution is 0.0954. The zero-order valence-electron chi connectivity index (χ0n) is 15.8. The average Bonchev–Trinajstić information content (AvgIpc) is 3.10. The molecule has 0 saturated carbocycles. The molecule has 1 heterocycles. The molecule has 6 heteroatoms. The van der Waals surface area contributed by atoms with Gasteiger partial charge in [-0.3, -0.25) is 4.79 Å². The van der Waals surface area contributed by atoms with Gasteiger partial charge in [0.05, 0.1) is 13.2 Å². The lowest BCUT2D eigenvalue weighted by Gasteiger charge is -2.14. The van der Waals surface area contributed by atoms with Gasteiger partial charge in [0.25, 0.3) is 5.91 Å². The van der Waals surface area contributed by atoms with E-state index in [1.54, 1.807) is 25.1 Å². The Morgan fingerprint density at radius 2 is 1.89 bits per heavy atom. The summed E-state index contributed by atoms with van der Waals surface area (Å²) in [5.41, 5.74) is 4.32. The van der Waals surface area contributed by atoms with Crippen LogP contribution in [0.3, 0.4) is 0 Å². The summed E-state index contributed by atoms with van der Waals surface area (Å²) in [4.78, 5) is 12.4. The first-order valence-electron chi connectivity index (χ1n) is 8.66. The highest BCUT2D eigenvalue weighted by atomic mass is 16.5. The molecule has 0 aliphatic carbocycles. The van der Waals surface area contributed by atoms with Crippen molar-refractivity contribution in [2.45, 2.75) is 26.9 Å². The monoisotopic (exact) mass is 366 g/mol. The normalized spacial score (nSPS) is 11.7. The number of carbonyl (C=O) groups is 1. The zero-order valence-corrected chi connectivity index (χ0v) is 15.8. The van der Waals surface area contributed by atoms with Crippen LogP contribution in [0, 0.1) is 0 Å². The molecule has 1 amide bonds. The van der Waals surface area contributed by atoms with Crippen molar-refractivity contribution < 1.29 is 18.7 Å². The van der Waals surface area contributed by atoms with E-state index in [1.165, 1.54) is 7.11 Å². The van der Waals surface area contributed by atoms with Gasteiger partial charge in [0.15, 0.2) is 17.3 Å². The summed E-state index contributed by atoms with van der Waals surface area (Å²) >= 11 is 0. The molecule has 0 atom stereocenters. The van der Waals surface area contributed by atoms with Crippen LogP contribution in [0.15, 0.2) is 58.0 Å². The predicted octanol–water partition coefficient (Wildman–Crippen LogP) is 4.38. The molecule has 3 rings (SSSR count). The van der Waals surface area contributed by atoms with Crippen molar-refractivity contribution in [3.63, 3.8) is 0 Å². The number of nitrogens with one attached hydrogen (secondary N) is 1. The van der Waals surface area contributed by atoms with Crippen molar-refractivity contribution >= 4 is 22.6 Å². The van der Waals surface area contributed by atoms with Crippen molar-refractivity contribution in [3.05, 3.63) is 59.9 Å². The van der Waals surface area contributed by atoms with Crippen LogP contribution in [0.4, 0.5) is 0 Å². The van der Waals surface area contributed by atoms with E-state index in [2.05, 4.69) is 10.5 Å². The van der Waals surface area contributed by atoms with Gasteiger partial charge in [-0.15, -0.1) is 0 Å². The summed E-state index contributed by atoms with van der Waals surface area (Å²) in [6, 6.07) is 14.6. The van der Waals surface area contributed by atoms with Crippen molar-refractivity contribution in [2.24, 2.45) is 5.10 Å². The second kappa shape index (κ2) is 7.95. The molecule has 0 aliphatic heterocycles. The van der Waals surface area contributed by atoms with E-state index in [4.69, 9.17) is 13.9 Å². The molecule has 0 unspecified atom stereocenters. The number of hydrazone groups is 1. The van der Waals surface area contributed by atoms with Crippen molar-refractivity contribution in [3.8, 4) is 11.5 Å². The number of rotatable bonds is 6. The Hall–Kier alpha value is -3.28. The Bertz CT molecular complexity index is 956. The van der Waals surface area contributed by atoms with Gasteiger partial charge >= 0.3 is 0 Å². The summed E-state index contributed by atoms with van der Waals surface area (Å²) in [5.74, 6) is 1.34. The largest absolute Gasteiger partial charge is 0.493 e. The second-order valence-corrected chi connectivity index (χ2v) is 6.32. The standard InChI is InChI=1S/C21H22N2O4/c1-13(2)26-18-10-9-16(12-20(18)25-4)21(24)23-22-14(3)19-11-15-7-5-6-8-17(15)27-19/h5-13H,1-4H3,(H,23,24)/b22-14-. The Morgan fingerprint density at radius 3 is 2.59 bits per heavy atom. The first kappa shape index (κ1) is 18.5. The topological polar surface area (TPSA) is 73.1 Å². The molecule has 0 radical (unpaired) electrons. The Labute approximate surface area is 157 Å². The van der Waals surface area contributed by atoms with Crippen molar-refractivity contribution in [1.29, 1.82) is 0 Å². The number of carbonyl (C=O) groups excluding carboxylic acids is 1. The number of methoxy groups -OCH3 is 1. The number of hydrogen-bond donors (Lipinski definition) is 1. The molecule has 1 N–H and O–H groups in total. The Kier molecular flexibility index (Phi) is 5.45. The van der Waals surface area contributed by atoms with Gasteiger partial charge in [0, 0.05) is 10.9 Å². The number of hydrogen-bond acceptors (Lipinski definition) is 5. The second-order valence-electron chi connectivity index (χ2n) is 6.32. The third-order valence-corrected chi connectivity index (χ3v) is 3.90. The summed E-state index contributed by atoms with van der Waals surface area (Å²) in [5, 5.41) is 5.13. The molecule has 140 valence electrons. The van der Waals surface area contributed by atoms with E-state index in [0.717, 1.165) is 11.0 Å². The van der Waals surface area contributed by atoms with Crippen LogP contribution in [-0.4, -0.2) is 24.8 Å². The number of ether oxygens (including phenoxy) is 2. The fraction of sp³-hybridized carbons (Fsp3) is 0.238. The third kappa shape index (κ3) is 4.28. The molecule has 0 spiro atoms. The molecule has 1 aromatic heterocycles. The van der Waals surface area contributed by atoms with E-state index in [1.807, 2.05) is 44.2 Å². The van der Waals surface area contributed by atoms with E-state index < -0.39 is 0 Å². The van der Waals surface area contributed by atoms with Crippen LogP contribution in [0.5, 0.6) is 11.5 Å². The number of amides is 1. The number of furan rings is 1. The number of fused-ring (bicyclic) bond motifs is 1. The summed E-state index contributed by atoms with van der Waals surface area (Å²) in [7, 11) is 1.54. The molecule has 6 nitrogen and oxygen atoms in total. The average molecular weight is 366 g/mol. The number of para-hydroxylation sites is 1. The van der Waals surface area contributed by atoms with Crippen LogP contribution >= 0.6 is 0 Å². The van der Waals surface area contributed by atoms with E-state index >= 15 is 0 Å². The highest BCUT2D eigenvalue weighted by molar-refractivity contribution is 6.01. The molecule has 2 aromatic carbocycles. The fourth-order valence-electron chi connectivity index (χ4n) is 2.57. The molecule has 27 heavy (non-hydrogen) atoms. The molecule has 0 fully saturated rings. The SMILES string of the molecule is COc1cc(C(=O)N/N=C(/C)c2cc3ccccc3o2)ccc1OC(C)C. The van der Waals surface area contributed by atoms with Crippen LogP contribution in [-0.2, 0) is 0 Å². The number of nitrogens with zero attached hydrogens (tertiary/aromatic N) is 1. The van der Waals surface area contributed by atoms with Crippen LogP contribution in [0.2, 0.25) is 0 Å². The van der Waals surface area contributed by atoms with Crippen molar-refractivity contribution in [1.82, 2.24) is 5.43 Å². The molecule has 3 aromatic rings. The molecular formula is C21H22N2O4. The quantitative estimate of drug-likeness (QED) is 0.519. The first-order chi connectivity index (χ1) is 13.0. The maximum Gasteiger partial charge on any atom is 0.271 e. The summed E-state index contributed by atoms with van der Waals surface area (Å²) in [6.45, 7) is 5.63.